The molecule has 0 atom stereocenters. The van der Waals surface area contributed by atoms with Gasteiger partial charge in [-0.25, -0.2) is 14.6 Å². The number of rotatable bonds is 3. The van der Waals surface area contributed by atoms with Crippen molar-refractivity contribution in [2.45, 2.75) is 19.8 Å². The van der Waals surface area contributed by atoms with E-state index in [1.807, 2.05) is 12.1 Å². The maximum atomic E-state index is 5.43. The van der Waals surface area contributed by atoms with Crippen LogP contribution in [0.3, 0.4) is 0 Å². The van der Waals surface area contributed by atoms with Crippen LogP contribution in [0.25, 0.3) is 16.6 Å². The van der Waals surface area contributed by atoms with E-state index in [0.717, 1.165) is 22.3 Å². The minimum absolute atomic E-state index is 0.317. The molecule has 0 unspecified atom stereocenters. The maximum absolute atomic E-state index is 5.43. The molecule has 6 nitrogen and oxygen atoms in total. The van der Waals surface area contributed by atoms with Gasteiger partial charge in [0.2, 0.25) is 0 Å². The van der Waals surface area contributed by atoms with Crippen LogP contribution in [0, 0.1) is 0 Å². The van der Waals surface area contributed by atoms with Crippen molar-refractivity contribution in [3.8, 4) is 11.4 Å². The largest absolute Gasteiger partial charge is 0.494 e. The summed E-state index contributed by atoms with van der Waals surface area (Å²) in [5.74, 6) is 1.02. The quantitative estimate of drug-likeness (QED) is 0.730. The lowest BCUT2D eigenvalue weighted by atomic mass is 10.0. The van der Waals surface area contributed by atoms with Crippen molar-refractivity contribution in [3.05, 3.63) is 36.5 Å². The van der Waals surface area contributed by atoms with Crippen molar-refractivity contribution < 1.29 is 4.74 Å². The van der Waals surface area contributed by atoms with Crippen molar-refractivity contribution in [1.29, 1.82) is 0 Å². The lowest BCUT2D eigenvalue weighted by molar-refractivity contribution is 0.412. The van der Waals surface area contributed by atoms with E-state index in [9.17, 15) is 0 Å². The van der Waals surface area contributed by atoms with Crippen LogP contribution in [0.4, 0.5) is 0 Å². The highest BCUT2D eigenvalue weighted by Gasteiger charge is 2.16. The molecule has 0 radical (unpaired) electrons. The third-order valence-electron chi connectivity index (χ3n) is 3.19. The van der Waals surface area contributed by atoms with E-state index in [4.69, 9.17) is 4.74 Å². The van der Waals surface area contributed by atoms with Crippen LogP contribution in [-0.2, 0) is 0 Å². The number of ether oxygens (including phenoxy) is 1. The first-order valence-corrected chi connectivity index (χ1v) is 6.40. The van der Waals surface area contributed by atoms with E-state index in [1.54, 1.807) is 30.5 Å². The van der Waals surface area contributed by atoms with Gasteiger partial charge in [-0.15, -0.1) is 5.10 Å². The molecule has 2 aromatic heterocycles. The molecule has 0 aliphatic rings. The molecule has 0 amide bonds. The Hall–Kier alpha value is -2.50. The first kappa shape index (κ1) is 12.5. The second-order valence-corrected chi connectivity index (χ2v) is 4.77. The number of methoxy groups -OCH3 is 1. The molecule has 0 bridgehead atoms. The molecule has 2 heterocycles. The highest BCUT2D eigenvalue weighted by molar-refractivity contribution is 5.91. The second-order valence-electron chi connectivity index (χ2n) is 4.77. The Kier molecular flexibility index (Phi) is 3.06. The third kappa shape index (κ3) is 1.89. The Morgan fingerprint density at radius 1 is 1.20 bits per heavy atom. The van der Waals surface area contributed by atoms with Gasteiger partial charge < -0.3 is 4.74 Å². The van der Waals surface area contributed by atoms with Crippen molar-refractivity contribution in [2.75, 3.05) is 7.11 Å². The molecule has 0 aliphatic carbocycles. The molecule has 3 aromatic rings. The van der Waals surface area contributed by atoms with E-state index < -0.39 is 0 Å². The van der Waals surface area contributed by atoms with Gasteiger partial charge in [0, 0.05) is 5.39 Å². The lowest BCUT2D eigenvalue weighted by Crippen LogP contribution is -2.04. The average Bonchev–Trinajstić information content (AvgIpc) is 2.98. The molecule has 0 aliphatic heterocycles. The fourth-order valence-electron chi connectivity index (χ4n) is 2.29. The molecule has 20 heavy (non-hydrogen) atoms. The number of hydrogen-bond acceptors (Lipinski definition) is 5. The van der Waals surface area contributed by atoms with Crippen LogP contribution < -0.4 is 4.74 Å². The van der Waals surface area contributed by atoms with Gasteiger partial charge in [0.05, 0.1) is 25.2 Å². The Bertz CT molecular complexity index is 737. The molecular weight excluding hydrogens is 254 g/mol. The van der Waals surface area contributed by atoms with Crippen LogP contribution >= 0.6 is 0 Å². The van der Waals surface area contributed by atoms with Gasteiger partial charge in [-0.3, -0.25) is 0 Å². The van der Waals surface area contributed by atoms with Crippen LogP contribution in [-0.4, -0.2) is 32.1 Å². The predicted molar refractivity (Wildman–Crippen MR) is 75.1 cm³/mol. The molecule has 0 spiro atoms. The van der Waals surface area contributed by atoms with Crippen LogP contribution in [0.2, 0.25) is 0 Å². The lowest BCUT2D eigenvalue weighted by Gasteiger charge is -2.13. The number of nitrogens with zero attached hydrogens (tertiary/aromatic N) is 5. The number of aromatic nitrogens is 5. The van der Waals surface area contributed by atoms with E-state index in [2.05, 4.69) is 34.1 Å². The van der Waals surface area contributed by atoms with Gasteiger partial charge in [-0.05, 0) is 18.1 Å². The third-order valence-corrected chi connectivity index (χ3v) is 3.19. The average molecular weight is 269 g/mol. The molecule has 3 rings (SSSR count). The van der Waals surface area contributed by atoms with Gasteiger partial charge in [0.1, 0.15) is 23.3 Å². The SMILES string of the molecule is COc1ccc2c(C(C)C)ncnc2c1-n1ccnn1. The zero-order valence-corrected chi connectivity index (χ0v) is 11.6. The molecule has 1 aromatic carbocycles. The van der Waals surface area contributed by atoms with Gasteiger partial charge in [-0.2, -0.15) is 0 Å². The zero-order chi connectivity index (χ0) is 14.1. The summed E-state index contributed by atoms with van der Waals surface area (Å²) in [4.78, 5) is 8.80. The smallest absolute Gasteiger partial charge is 0.146 e. The topological polar surface area (TPSA) is 65.7 Å². The first-order chi connectivity index (χ1) is 9.72. The molecule has 0 saturated carbocycles. The van der Waals surface area contributed by atoms with Crippen LogP contribution in [0.1, 0.15) is 25.5 Å². The molecular formula is C14H15N5O. The fraction of sp³-hybridized carbons (Fsp3) is 0.286. The fourth-order valence-corrected chi connectivity index (χ4v) is 2.29. The summed E-state index contributed by atoms with van der Waals surface area (Å²) in [5.41, 5.74) is 2.61. The molecule has 6 heteroatoms. The summed E-state index contributed by atoms with van der Waals surface area (Å²) in [6.45, 7) is 4.22. The number of fused-ring (bicyclic) bond motifs is 1. The number of benzene rings is 1. The van der Waals surface area contributed by atoms with E-state index in [-0.39, 0.29) is 0 Å². The summed E-state index contributed by atoms with van der Waals surface area (Å²) >= 11 is 0. The Balaban J connectivity index is 2.38. The minimum atomic E-state index is 0.317. The normalized spacial score (nSPS) is 11.2. The molecule has 102 valence electrons. The van der Waals surface area contributed by atoms with Gasteiger partial charge >= 0.3 is 0 Å². The second kappa shape index (κ2) is 4.88. The molecule has 0 fully saturated rings. The van der Waals surface area contributed by atoms with Crippen molar-refractivity contribution in [2.24, 2.45) is 0 Å². The van der Waals surface area contributed by atoms with Crippen LogP contribution in [0.15, 0.2) is 30.9 Å². The van der Waals surface area contributed by atoms with Crippen molar-refractivity contribution in [1.82, 2.24) is 25.0 Å². The molecule has 0 saturated heterocycles. The standard InChI is InChI=1S/C14H15N5O/c1-9(2)12-10-4-5-11(20-3)14(13(10)16-8-15-12)19-7-6-17-18-19/h4-9H,1-3H3. The van der Waals surface area contributed by atoms with E-state index >= 15 is 0 Å². The van der Waals surface area contributed by atoms with E-state index in [0.29, 0.717) is 11.7 Å². The highest BCUT2D eigenvalue weighted by Crippen LogP contribution is 2.32. The predicted octanol–water partition coefficient (Wildman–Crippen LogP) is 2.34. The molecule has 0 N–H and O–H groups in total. The van der Waals surface area contributed by atoms with Crippen LogP contribution in [0.5, 0.6) is 5.75 Å². The highest BCUT2D eigenvalue weighted by atomic mass is 16.5. The summed E-state index contributed by atoms with van der Waals surface area (Å²) in [7, 11) is 1.63. The Morgan fingerprint density at radius 3 is 2.70 bits per heavy atom. The van der Waals surface area contributed by atoms with Crippen molar-refractivity contribution >= 4 is 10.9 Å². The van der Waals surface area contributed by atoms with Crippen molar-refractivity contribution in [3.63, 3.8) is 0 Å². The first-order valence-electron chi connectivity index (χ1n) is 6.40. The van der Waals surface area contributed by atoms with Gasteiger partial charge in [-0.1, -0.05) is 19.1 Å². The summed E-state index contributed by atoms with van der Waals surface area (Å²) in [6, 6.07) is 3.90. The summed E-state index contributed by atoms with van der Waals surface area (Å²) in [6.07, 6.45) is 4.98. The summed E-state index contributed by atoms with van der Waals surface area (Å²) in [5, 5.41) is 8.91. The van der Waals surface area contributed by atoms with Gasteiger partial charge in [0.25, 0.3) is 0 Å². The number of hydrogen-bond donors (Lipinski definition) is 0. The Labute approximate surface area is 116 Å². The zero-order valence-electron chi connectivity index (χ0n) is 11.6. The maximum Gasteiger partial charge on any atom is 0.146 e. The monoisotopic (exact) mass is 269 g/mol. The van der Waals surface area contributed by atoms with E-state index in [1.165, 1.54) is 0 Å². The van der Waals surface area contributed by atoms with Gasteiger partial charge in [0.15, 0.2) is 0 Å². The Morgan fingerprint density at radius 2 is 2.05 bits per heavy atom. The minimum Gasteiger partial charge on any atom is -0.494 e. The summed E-state index contributed by atoms with van der Waals surface area (Å²) < 4.78 is 7.09.